The van der Waals surface area contributed by atoms with Crippen molar-refractivity contribution in [1.29, 1.82) is 0 Å². The Balaban J connectivity index is 1.77. The van der Waals surface area contributed by atoms with Crippen molar-refractivity contribution in [2.75, 3.05) is 0 Å². The Bertz CT molecular complexity index is 1070. The molecule has 0 fully saturated rings. The van der Waals surface area contributed by atoms with Crippen molar-refractivity contribution in [3.05, 3.63) is 76.6 Å². The molecule has 4 rings (SSSR count). The van der Waals surface area contributed by atoms with Crippen LogP contribution in [0.3, 0.4) is 0 Å². The summed E-state index contributed by atoms with van der Waals surface area (Å²) in [6, 6.07) is 17.8. The second kappa shape index (κ2) is 7.58. The summed E-state index contributed by atoms with van der Waals surface area (Å²) in [5.41, 5.74) is 4.03. The van der Waals surface area contributed by atoms with E-state index in [2.05, 4.69) is 39.0 Å². The Morgan fingerprint density at radius 1 is 1.04 bits per heavy atom. The van der Waals surface area contributed by atoms with E-state index in [4.69, 9.17) is 16.1 Å². The molecule has 0 aliphatic carbocycles. The number of rotatable bonds is 5. The highest BCUT2D eigenvalue weighted by Gasteiger charge is 2.18. The van der Waals surface area contributed by atoms with E-state index < -0.39 is 0 Å². The number of nitrogens with zero attached hydrogens (tertiary/aromatic N) is 4. The first-order chi connectivity index (χ1) is 13.1. The highest BCUT2D eigenvalue weighted by Crippen LogP contribution is 2.31. The van der Waals surface area contributed by atoms with Gasteiger partial charge in [-0.3, -0.25) is 4.57 Å². The maximum absolute atomic E-state index is 6.04. The fourth-order valence-electron chi connectivity index (χ4n) is 2.81. The maximum atomic E-state index is 6.04. The second-order valence-electron chi connectivity index (χ2n) is 6.15. The molecule has 0 saturated carbocycles. The van der Waals surface area contributed by atoms with E-state index in [1.54, 1.807) is 11.8 Å². The Labute approximate surface area is 166 Å². The SMILES string of the molecule is Cc1cc(CSc2nnc(-c3ccc(Cl)cc3)n2-c2ccccc2C)no1. The Kier molecular flexibility index (Phi) is 5.01. The van der Waals surface area contributed by atoms with Crippen LogP contribution in [0.2, 0.25) is 5.02 Å². The predicted octanol–water partition coefficient (Wildman–Crippen LogP) is 5.48. The highest BCUT2D eigenvalue weighted by atomic mass is 35.5. The van der Waals surface area contributed by atoms with Crippen LogP contribution in [-0.2, 0) is 5.75 Å². The van der Waals surface area contributed by atoms with Crippen molar-refractivity contribution in [3.63, 3.8) is 0 Å². The summed E-state index contributed by atoms with van der Waals surface area (Å²) in [4.78, 5) is 0. The minimum absolute atomic E-state index is 0.655. The zero-order valence-electron chi connectivity index (χ0n) is 14.9. The van der Waals surface area contributed by atoms with Gasteiger partial charge >= 0.3 is 0 Å². The van der Waals surface area contributed by atoms with Crippen LogP contribution < -0.4 is 0 Å². The first kappa shape index (κ1) is 17.8. The van der Waals surface area contributed by atoms with Crippen molar-refractivity contribution in [1.82, 2.24) is 19.9 Å². The first-order valence-corrected chi connectivity index (χ1v) is 9.80. The summed E-state index contributed by atoms with van der Waals surface area (Å²) in [7, 11) is 0. The fourth-order valence-corrected chi connectivity index (χ4v) is 3.76. The number of aromatic nitrogens is 4. The Hall–Kier alpha value is -2.57. The normalized spacial score (nSPS) is 11.1. The average molecular weight is 397 g/mol. The number of para-hydroxylation sites is 1. The summed E-state index contributed by atoms with van der Waals surface area (Å²) >= 11 is 7.62. The van der Waals surface area contributed by atoms with Gasteiger partial charge in [0, 0.05) is 22.4 Å². The lowest BCUT2D eigenvalue weighted by molar-refractivity contribution is 0.393. The molecule has 2 aromatic carbocycles. The van der Waals surface area contributed by atoms with E-state index in [1.165, 1.54) is 0 Å². The minimum atomic E-state index is 0.655. The van der Waals surface area contributed by atoms with Crippen molar-refractivity contribution in [3.8, 4) is 17.1 Å². The van der Waals surface area contributed by atoms with E-state index in [9.17, 15) is 0 Å². The summed E-state index contributed by atoms with van der Waals surface area (Å²) in [5.74, 6) is 2.23. The molecule has 0 aliphatic rings. The first-order valence-electron chi connectivity index (χ1n) is 8.44. The predicted molar refractivity (Wildman–Crippen MR) is 107 cm³/mol. The second-order valence-corrected chi connectivity index (χ2v) is 7.53. The fraction of sp³-hybridized carbons (Fsp3) is 0.150. The van der Waals surface area contributed by atoms with Crippen LogP contribution in [0.1, 0.15) is 17.0 Å². The molecular formula is C20H17ClN4OS. The van der Waals surface area contributed by atoms with Gasteiger partial charge in [0.25, 0.3) is 0 Å². The van der Waals surface area contributed by atoms with Crippen molar-refractivity contribution < 1.29 is 4.52 Å². The topological polar surface area (TPSA) is 56.7 Å². The van der Waals surface area contributed by atoms with Gasteiger partial charge in [0.05, 0.1) is 11.4 Å². The number of aryl methyl sites for hydroxylation is 2. The summed E-state index contributed by atoms with van der Waals surface area (Å²) in [6.45, 7) is 3.96. The molecule has 0 bridgehead atoms. The van der Waals surface area contributed by atoms with Crippen LogP contribution in [0.25, 0.3) is 17.1 Å². The van der Waals surface area contributed by atoms with Gasteiger partial charge in [0.2, 0.25) is 0 Å². The largest absolute Gasteiger partial charge is 0.361 e. The van der Waals surface area contributed by atoms with Gasteiger partial charge in [-0.25, -0.2) is 0 Å². The van der Waals surface area contributed by atoms with Crippen molar-refractivity contribution >= 4 is 23.4 Å². The Morgan fingerprint density at radius 3 is 2.52 bits per heavy atom. The Morgan fingerprint density at radius 2 is 1.81 bits per heavy atom. The molecule has 5 nitrogen and oxygen atoms in total. The minimum Gasteiger partial charge on any atom is -0.361 e. The molecule has 136 valence electrons. The lowest BCUT2D eigenvalue weighted by atomic mass is 10.1. The molecule has 0 unspecified atom stereocenters. The smallest absolute Gasteiger partial charge is 0.196 e. The van der Waals surface area contributed by atoms with Gasteiger partial charge in [-0.2, -0.15) is 0 Å². The summed E-state index contributed by atoms with van der Waals surface area (Å²) < 4.78 is 7.23. The number of thioether (sulfide) groups is 1. The number of benzene rings is 2. The third kappa shape index (κ3) is 3.77. The van der Waals surface area contributed by atoms with E-state index in [0.717, 1.165) is 39.2 Å². The molecule has 4 aromatic rings. The van der Waals surface area contributed by atoms with E-state index >= 15 is 0 Å². The monoisotopic (exact) mass is 396 g/mol. The van der Waals surface area contributed by atoms with E-state index in [-0.39, 0.29) is 0 Å². The molecule has 7 heteroatoms. The van der Waals surface area contributed by atoms with Crippen molar-refractivity contribution in [2.45, 2.75) is 24.8 Å². The quantitative estimate of drug-likeness (QED) is 0.418. The van der Waals surface area contributed by atoms with Gasteiger partial charge in [0.15, 0.2) is 11.0 Å². The molecule has 0 N–H and O–H groups in total. The molecule has 0 atom stereocenters. The molecule has 0 amide bonds. The zero-order chi connectivity index (χ0) is 18.8. The van der Waals surface area contributed by atoms with E-state index in [1.807, 2.05) is 49.4 Å². The van der Waals surface area contributed by atoms with Crippen LogP contribution in [0.15, 0.2) is 64.3 Å². The van der Waals surface area contributed by atoms with Gasteiger partial charge in [-0.05, 0) is 49.7 Å². The van der Waals surface area contributed by atoms with Gasteiger partial charge in [-0.15, -0.1) is 10.2 Å². The molecule has 0 aliphatic heterocycles. The number of hydrogen-bond acceptors (Lipinski definition) is 5. The standard InChI is InChI=1S/C20H17ClN4OS/c1-13-5-3-4-6-18(13)25-19(15-7-9-16(21)10-8-15)22-23-20(25)27-12-17-11-14(2)26-24-17/h3-11H,12H2,1-2H3. The molecule has 0 spiro atoms. The highest BCUT2D eigenvalue weighted by molar-refractivity contribution is 7.98. The van der Waals surface area contributed by atoms with Crippen LogP contribution in [0.5, 0.6) is 0 Å². The number of halogens is 1. The zero-order valence-corrected chi connectivity index (χ0v) is 16.5. The van der Waals surface area contributed by atoms with Gasteiger partial charge in [-0.1, -0.05) is 46.7 Å². The van der Waals surface area contributed by atoms with E-state index in [0.29, 0.717) is 10.8 Å². The maximum Gasteiger partial charge on any atom is 0.196 e. The van der Waals surface area contributed by atoms with Crippen LogP contribution in [-0.4, -0.2) is 19.9 Å². The molecular weight excluding hydrogens is 380 g/mol. The molecule has 27 heavy (non-hydrogen) atoms. The molecule has 2 aromatic heterocycles. The van der Waals surface area contributed by atoms with Crippen LogP contribution in [0, 0.1) is 13.8 Å². The van der Waals surface area contributed by atoms with Crippen molar-refractivity contribution in [2.24, 2.45) is 0 Å². The molecule has 0 saturated heterocycles. The molecule has 0 radical (unpaired) electrons. The lowest BCUT2D eigenvalue weighted by Crippen LogP contribution is -2.02. The molecule has 2 heterocycles. The third-order valence-corrected chi connectivity index (χ3v) is 5.33. The van der Waals surface area contributed by atoms with Crippen LogP contribution >= 0.6 is 23.4 Å². The third-order valence-electron chi connectivity index (χ3n) is 4.12. The average Bonchev–Trinajstić information content (AvgIpc) is 3.27. The number of hydrogen-bond donors (Lipinski definition) is 0. The summed E-state index contributed by atoms with van der Waals surface area (Å²) in [5, 5.41) is 14.4. The van der Waals surface area contributed by atoms with Gasteiger partial charge < -0.3 is 4.52 Å². The lowest BCUT2D eigenvalue weighted by Gasteiger charge is -2.12. The van der Waals surface area contributed by atoms with Crippen LogP contribution in [0.4, 0.5) is 0 Å². The summed E-state index contributed by atoms with van der Waals surface area (Å²) in [6.07, 6.45) is 0. The van der Waals surface area contributed by atoms with Gasteiger partial charge in [0.1, 0.15) is 5.76 Å².